The Balaban J connectivity index is 2.20. The molecule has 0 radical (unpaired) electrons. The van der Waals surface area contributed by atoms with Crippen LogP contribution in [0.4, 0.5) is 5.69 Å². The van der Waals surface area contributed by atoms with Crippen LogP contribution in [0.3, 0.4) is 0 Å². The van der Waals surface area contributed by atoms with Crippen molar-refractivity contribution >= 4 is 50.7 Å². The van der Waals surface area contributed by atoms with Crippen molar-refractivity contribution in [2.75, 3.05) is 23.7 Å². The first kappa shape index (κ1) is 29.9. The highest BCUT2D eigenvalue weighted by atomic mass is 35.5. The maximum Gasteiger partial charge on any atom is 0.242 e. The fraction of sp³-hybridized carbons (Fsp3) is 0.462. The van der Waals surface area contributed by atoms with E-state index in [1.807, 2.05) is 32.9 Å². The van der Waals surface area contributed by atoms with Crippen molar-refractivity contribution in [3.63, 3.8) is 0 Å². The number of nitrogens with zero attached hydrogens (tertiary/aromatic N) is 2. The minimum Gasteiger partial charge on any atom is -0.354 e. The molecular weight excluding hydrogens is 521 g/mol. The van der Waals surface area contributed by atoms with Crippen LogP contribution in [0.2, 0.25) is 10.0 Å². The largest absolute Gasteiger partial charge is 0.354 e. The average Bonchev–Trinajstić information content (AvgIpc) is 2.80. The highest BCUT2D eigenvalue weighted by Crippen LogP contribution is 2.23. The second-order valence-electron chi connectivity index (χ2n) is 9.13. The number of amides is 2. The number of carbonyl (C=O) groups is 2. The van der Waals surface area contributed by atoms with E-state index in [0.29, 0.717) is 28.7 Å². The quantitative estimate of drug-likeness (QED) is 0.371. The molecule has 7 nitrogen and oxygen atoms in total. The third-order valence-electron chi connectivity index (χ3n) is 5.58. The summed E-state index contributed by atoms with van der Waals surface area (Å²) in [5.41, 5.74) is 1.29. The predicted molar refractivity (Wildman–Crippen MR) is 147 cm³/mol. The highest BCUT2D eigenvalue weighted by Gasteiger charge is 2.29. The van der Waals surface area contributed by atoms with Gasteiger partial charge in [0, 0.05) is 36.1 Å². The molecule has 0 aliphatic heterocycles. The first-order valence-electron chi connectivity index (χ1n) is 12.0. The van der Waals surface area contributed by atoms with Crippen molar-refractivity contribution in [2.45, 2.75) is 52.6 Å². The number of anilines is 1. The van der Waals surface area contributed by atoms with E-state index in [0.717, 1.165) is 11.8 Å². The third kappa shape index (κ3) is 9.30. The summed E-state index contributed by atoms with van der Waals surface area (Å²) in [5.74, 6) is -0.151. The van der Waals surface area contributed by atoms with Gasteiger partial charge in [-0.15, -0.1) is 0 Å². The molecule has 10 heteroatoms. The summed E-state index contributed by atoms with van der Waals surface area (Å²) < 4.78 is 26.1. The van der Waals surface area contributed by atoms with E-state index in [2.05, 4.69) is 5.32 Å². The minimum absolute atomic E-state index is 0.0775. The lowest BCUT2D eigenvalue weighted by molar-refractivity contribution is -0.141. The van der Waals surface area contributed by atoms with Crippen LogP contribution < -0.4 is 9.62 Å². The molecular formula is C26H35Cl2N3O4S. The molecule has 2 aromatic rings. The Morgan fingerprint density at radius 2 is 1.69 bits per heavy atom. The Morgan fingerprint density at radius 3 is 2.25 bits per heavy atom. The van der Waals surface area contributed by atoms with Crippen LogP contribution in [0.15, 0.2) is 48.5 Å². The predicted octanol–water partition coefficient (Wildman–Crippen LogP) is 5.12. The number of rotatable bonds is 13. The fourth-order valence-corrected chi connectivity index (χ4v) is 5.03. The standard InChI is InChI=1S/C26H35Cl2N3O4S/c1-5-24(26(33)29-17-19(2)3)30(18-20-11-13-21(27)14-12-20)25(32)10-7-15-31(36(4,34)35)23-9-6-8-22(28)16-23/h6,8-9,11-14,16,19,24H,5,7,10,15,17-18H2,1-4H3,(H,29,33). The van der Waals surface area contributed by atoms with E-state index in [9.17, 15) is 18.0 Å². The van der Waals surface area contributed by atoms with Crippen molar-refractivity contribution in [2.24, 2.45) is 5.92 Å². The van der Waals surface area contributed by atoms with Crippen LogP contribution in [-0.2, 0) is 26.2 Å². The van der Waals surface area contributed by atoms with Crippen molar-refractivity contribution in [3.05, 3.63) is 64.1 Å². The zero-order chi connectivity index (χ0) is 26.9. The van der Waals surface area contributed by atoms with Gasteiger partial charge in [0.2, 0.25) is 21.8 Å². The summed E-state index contributed by atoms with van der Waals surface area (Å²) >= 11 is 12.1. The molecule has 0 saturated heterocycles. The Morgan fingerprint density at radius 1 is 1.03 bits per heavy atom. The number of nitrogens with one attached hydrogen (secondary N) is 1. The van der Waals surface area contributed by atoms with Crippen molar-refractivity contribution in [1.29, 1.82) is 0 Å². The van der Waals surface area contributed by atoms with Gasteiger partial charge in [-0.1, -0.05) is 62.2 Å². The summed E-state index contributed by atoms with van der Waals surface area (Å²) in [5, 5.41) is 3.93. The summed E-state index contributed by atoms with van der Waals surface area (Å²) in [7, 11) is -3.58. The average molecular weight is 557 g/mol. The lowest BCUT2D eigenvalue weighted by atomic mass is 10.1. The van der Waals surface area contributed by atoms with Gasteiger partial charge in [-0.3, -0.25) is 13.9 Å². The van der Waals surface area contributed by atoms with Crippen LogP contribution >= 0.6 is 23.2 Å². The van der Waals surface area contributed by atoms with Gasteiger partial charge in [0.15, 0.2) is 0 Å². The fourth-order valence-electron chi connectivity index (χ4n) is 3.76. The van der Waals surface area contributed by atoms with Crippen molar-refractivity contribution in [1.82, 2.24) is 10.2 Å². The van der Waals surface area contributed by atoms with Gasteiger partial charge in [0.1, 0.15) is 6.04 Å². The van der Waals surface area contributed by atoms with Crippen LogP contribution in [0.25, 0.3) is 0 Å². The van der Waals surface area contributed by atoms with Crippen LogP contribution in [-0.4, -0.2) is 50.5 Å². The molecule has 36 heavy (non-hydrogen) atoms. The van der Waals surface area contributed by atoms with Gasteiger partial charge in [0.05, 0.1) is 11.9 Å². The molecule has 0 aliphatic rings. The highest BCUT2D eigenvalue weighted by molar-refractivity contribution is 7.92. The van der Waals surface area contributed by atoms with Gasteiger partial charge in [-0.2, -0.15) is 0 Å². The summed E-state index contributed by atoms with van der Waals surface area (Å²) in [4.78, 5) is 28.0. The zero-order valence-electron chi connectivity index (χ0n) is 21.2. The maximum absolute atomic E-state index is 13.4. The van der Waals surface area contributed by atoms with E-state index < -0.39 is 16.1 Å². The van der Waals surface area contributed by atoms with Crippen LogP contribution in [0.1, 0.15) is 45.6 Å². The molecule has 0 aromatic heterocycles. The summed E-state index contributed by atoms with van der Waals surface area (Å²) in [6.07, 6.45) is 1.92. The Labute approximate surface area is 224 Å². The van der Waals surface area contributed by atoms with E-state index in [4.69, 9.17) is 23.2 Å². The number of hydrogen-bond acceptors (Lipinski definition) is 4. The molecule has 0 fully saturated rings. The first-order valence-corrected chi connectivity index (χ1v) is 14.6. The molecule has 2 aromatic carbocycles. The molecule has 2 amide bonds. The molecule has 1 N–H and O–H groups in total. The number of sulfonamides is 1. The third-order valence-corrected chi connectivity index (χ3v) is 7.27. The molecule has 1 atom stereocenters. The van der Waals surface area contributed by atoms with E-state index in [1.165, 1.54) is 4.31 Å². The smallest absolute Gasteiger partial charge is 0.242 e. The lowest BCUT2D eigenvalue weighted by Crippen LogP contribution is -2.49. The summed E-state index contributed by atoms with van der Waals surface area (Å²) in [6.45, 7) is 6.74. The maximum atomic E-state index is 13.4. The molecule has 1 unspecified atom stereocenters. The van der Waals surface area contributed by atoms with Crippen LogP contribution in [0.5, 0.6) is 0 Å². The SMILES string of the molecule is CCC(C(=O)NCC(C)C)N(Cc1ccc(Cl)cc1)C(=O)CCCN(c1cccc(Cl)c1)S(C)(=O)=O. The Hall–Kier alpha value is -2.29. The molecule has 0 bridgehead atoms. The topological polar surface area (TPSA) is 86.8 Å². The van der Waals surface area contributed by atoms with Crippen molar-refractivity contribution in [3.8, 4) is 0 Å². The molecule has 0 saturated carbocycles. The van der Waals surface area contributed by atoms with Gasteiger partial charge < -0.3 is 10.2 Å². The van der Waals surface area contributed by atoms with Gasteiger partial charge in [-0.05, 0) is 54.7 Å². The van der Waals surface area contributed by atoms with E-state index >= 15 is 0 Å². The van der Waals surface area contributed by atoms with Crippen LogP contribution in [0, 0.1) is 5.92 Å². The number of carbonyl (C=O) groups excluding carboxylic acids is 2. The minimum atomic E-state index is -3.58. The van der Waals surface area contributed by atoms with Gasteiger partial charge in [-0.25, -0.2) is 8.42 Å². The molecule has 0 aliphatic carbocycles. The normalized spacial score (nSPS) is 12.3. The Bertz CT molecular complexity index is 1120. The Kier molecular flexibility index (Phi) is 11.5. The monoisotopic (exact) mass is 555 g/mol. The number of halogens is 2. The molecule has 0 heterocycles. The van der Waals surface area contributed by atoms with Gasteiger partial charge >= 0.3 is 0 Å². The zero-order valence-corrected chi connectivity index (χ0v) is 23.5. The number of hydrogen-bond donors (Lipinski definition) is 1. The lowest BCUT2D eigenvalue weighted by Gasteiger charge is -2.31. The first-order chi connectivity index (χ1) is 16.9. The van der Waals surface area contributed by atoms with Gasteiger partial charge in [0.25, 0.3) is 0 Å². The molecule has 2 rings (SSSR count). The summed E-state index contributed by atoms with van der Waals surface area (Å²) in [6, 6.07) is 13.1. The molecule has 198 valence electrons. The van der Waals surface area contributed by atoms with Crippen molar-refractivity contribution < 1.29 is 18.0 Å². The van der Waals surface area contributed by atoms with E-state index in [1.54, 1.807) is 41.3 Å². The second-order valence-corrected chi connectivity index (χ2v) is 11.9. The number of benzene rings is 2. The van der Waals surface area contributed by atoms with E-state index in [-0.39, 0.29) is 43.7 Å². The molecule has 0 spiro atoms. The second kappa shape index (κ2) is 13.9.